The first-order valence-corrected chi connectivity index (χ1v) is 5.86. The van der Waals surface area contributed by atoms with Gasteiger partial charge in [-0.1, -0.05) is 6.92 Å². The molecular weight excluding hydrogens is 218 g/mol. The zero-order chi connectivity index (χ0) is 12.8. The molecule has 0 heterocycles. The van der Waals surface area contributed by atoms with E-state index in [0.29, 0.717) is 5.75 Å². The van der Waals surface area contributed by atoms with Crippen LogP contribution in [0, 0.1) is 0 Å². The lowest BCUT2D eigenvalue weighted by molar-refractivity contribution is 0.229. The summed E-state index contributed by atoms with van der Waals surface area (Å²) in [5.41, 5.74) is 0.774. The van der Waals surface area contributed by atoms with Crippen molar-refractivity contribution in [3.05, 3.63) is 23.8 Å². The minimum atomic E-state index is -0.0396. The Morgan fingerprint density at radius 2 is 2.12 bits per heavy atom. The highest BCUT2D eigenvalue weighted by atomic mass is 16.5. The number of phenols is 1. The normalized spacial score (nSPS) is 14.4. The topological polar surface area (TPSA) is 61.7 Å². The maximum Gasteiger partial charge on any atom is 0.120 e. The quantitative estimate of drug-likeness (QED) is 0.708. The van der Waals surface area contributed by atoms with Crippen molar-refractivity contribution in [2.24, 2.45) is 0 Å². The van der Waals surface area contributed by atoms with Gasteiger partial charge in [-0.2, -0.15) is 0 Å². The third-order valence-electron chi connectivity index (χ3n) is 2.90. The molecule has 96 valence electrons. The van der Waals surface area contributed by atoms with Gasteiger partial charge in [0.15, 0.2) is 0 Å². The van der Waals surface area contributed by atoms with Gasteiger partial charge in [0.1, 0.15) is 11.5 Å². The molecule has 1 rings (SSSR count). The fraction of sp³-hybridized carbons (Fsp3) is 0.538. The molecule has 1 unspecified atom stereocenters. The first-order valence-electron chi connectivity index (χ1n) is 5.86. The Morgan fingerprint density at radius 1 is 1.41 bits per heavy atom. The van der Waals surface area contributed by atoms with Crippen LogP contribution in [0.3, 0.4) is 0 Å². The number of aliphatic hydroxyl groups excluding tert-OH is 1. The summed E-state index contributed by atoms with van der Waals surface area (Å²) in [7, 11) is 1.59. The second-order valence-electron chi connectivity index (χ2n) is 4.10. The van der Waals surface area contributed by atoms with Crippen LogP contribution in [0.25, 0.3) is 0 Å². The molecule has 4 heteroatoms. The summed E-state index contributed by atoms with van der Waals surface area (Å²) in [6.45, 7) is 4.05. The van der Waals surface area contributed by atoms with E-state index in [1.165, 1.54) is 0 Å². The molecule has 1 aromatic carbocycles. The molecule has 0 aliphatic heterocycles. The maximum absolute atomic E-state index is 9.80. The van der Waals surface area contributed by atoms with Crippen molar-refractivity contribution in [2.75, 3.05) is 13.7 Å². The molecule has 0 saturated carbocycles. The van der Waals surface area contributed by atoms with Crippen LogP contribution < -0.4 is 10.1 Å². The van der Waals surface area contributed by atoms with E-state index in [-0.39, 0.29) is 24.4 Å². The minimum absolute atomic E-state index is 0.0376. The molecule has 0 aromatic heterocycles. The number of ether oxygens (including phenoxy) is 1. The van der Waals surface area contributed by atoms with E-state index in [1.54, 1.807) is 25.3 Å². The number of hydrogen-bond donors (Lipinski definition) is 3. The molecule has 0 radical (unpaired) electrons. The Balaban J connectivity index is 2.83. The fourth-order valence-electron chi connectivity index (χ4n) is 1.75. The van der Waals surface area contributed by atoms with E-state index in [9.17, 15) is 5.11 Å². The molecule has 0 saturated heterocycles. The molecule has 2 atom stereocenters. The monoisotopic (exact) mass is 239 g/mol. The molecule has 1 aromatic rings. The number of phenolic OH excluding ortho intramolecular Hbond substituents is 1. The summed E-state index contributed by atoms with van der Waals surface area (Å²) in [5.74, 6) is 0.946. The second-order valence-corrected chi connectivity index (χ2v) is 4.10. The SMILES string of the molecule is CC[C@H](CO)NC(C)c1cc(OC)ccc1O. The molecule has 4 nitrogen and oxygen atoms in total. The van der Waals surface area contributed by atoms with Gasteiger partial charge in [-0.25, -0.2) is 0 Å². The zero-order valence-electron chi connectivity index (χ0n) is 10.6. The van der Waals surface area contributed by atoms with E-state index in [2.05, 4.69) is 5.32 Å². The van der Waals surface area contributed by atoms with E-state index >= 15 is 0 Å². The first kappa shape index (κ1) is 13.8. The van der Waals surface area contributed by atoms with Gasteiger partial charge in [0, 0.05) is 17.6 Å². The summed E-state index contributed by atoms with van der Waals surface area (Å²) in [6, 6.07) is 5.14. The van der Waals surface area contributed by atoms with Crippen LogP contribution in [0.4, 0.5) is 0 Å². The molecule has 17 heavy (non-hydrogen) atoms. The predicted molar refractivity (Wildman–Crippen MR) is 67.4 cm³/mol. The molecule has 0 aliphatic rings. The Morgan fingerprint density at radius 3 is 2.65 bits per heavy atom. The Hall–Kier alpha value is -1.26. The van der Waals surface area contributed by atoms with Crippen LogP contribution in [-0.2, 0) is 0 Å². The number of aromatic hydroxyl groups is 1. The lowest BCUT2D eigenvalue weighted by Gasteiger charge is -2.21. The maximum atomic E-state index is 9.80. The number of nitrogens with one attached hydrogen (secondary N) is 1. The molecule has 0 bridgehead atoms. The summed E-state index contributed by atoms with van der Waals surface area (Å²) in [5, 5.41) is 22.2. The fourth-order valence-corrected chi connectivity index (χ4v) is 1.75. The van der Waals surface area contributed by atoms with Crippen LogP contribution in [-0.4, -0.2) is 30.0 Å². The standard InChI is InChI=1S/C13H21NO3/c1-4-10(8-15)14-9(2)12-7-11(17-3)5-6-13(12)16/h5-7,9-10,14-16H,4,8H2,1-3H3/t9?,10-/m1/s1. The zero-order valence-corrected chi connectivity index (χ0v) is 10.6. The number of aliphatic hydroxyl groups is 1. The minimum Gasteiger partial charge on any atom is -0.508 e. The number of rotatable bonds is 6. The summed E-state index contributed by atoms with van der Waals surface area (Å²) in [6.07, 6.45) is 0.839. The van der Waals surface area contributed by atoms with Crippen LogP contribution in [0.5, 0.6) is 11.5 Å². The van der Waals surface area contributed by atoms with Gasteiger partial charge in [-0.05, 0) is 31.5 Å². The van der Waals surface area contributed by atoms with Crippen molar-refractivity contribution in [3.63, 3.8) is 0 Å². The third kappa shape index (κ3) is 3.61. The number of benzene rings is 1. The average Bonchev–Trinajstić information content (AvgIpc) is 2.36. The van der Waals surface area contributed by atoms with Crippen LogP contribution in [0.2, 0.25) is 0 Å². The van der Waals surface area contributed by atoms with Gasteiger partial charge in [-0.15, -0.1) is 0 Å². The van der Waals surface area contributed by atoms with Crippen molar-refractivity contribution in [1.82, 2.24) is 5.32 Å². The van der Waals surface area contributed by atoms with Crippen molar-refractivity contribution in [1.29, 1.82) is 0 Å². The second kappa shape index (κ2) is 6.47. The van der Waals surface area contributed by atoms with Gasteiger partial charge in [0.05, 0.1) is 13.7 Å². The van der Waals surface area contributed by atoms with Gasteiger partial charge < -0.3 is 20.3 Å². The summed E-state index contributed by atoms with van der Waals surface area (Å²) < 4.78 is 5.13. The van der Waals surface area contributed by atoms with Crippen molar-refractivity contribution >= 4 is 0 Å². The van der Waals surface area contributed by atoms with Crippen molar-refractivity contribution in [2.45, 2.75) is 32.4 Å². The molecule has 0 fully saturated rings. The number of methoxy groups -OCH3 is 1. The lowest BCUT2D eigenvalue weighted by Crippen LogP contribution is -2.33. The van der Waals surface area contributed by atoms with Gasteiger partial charge in [-0.3, -0.25) is 0 Å². The molecule has 0 spiro atoms. The third-order valence-corrected chi connectivity index (χ3v) is 2.90. The van der Waals surface area contributed by atoms with E-state index < -0.39 is 0 Å². The Labute approximate surface area is 102 Å². The summed E-state index contributed by atoms with van der Waals surface area (Å²) >= 11 is 0. The first-order chi connectivity index (χ1) is 8.12. The smallest absolute Gasteiger partial charge is 0.120 e. The predicted octanol–water partition coefficient (Wildman–Crippen LogP) is 1.82. The van der Waals surface area contributed by atoms with Crippen molar-refractivity contribution < 1.29 is 14.9 Å². The molecule has 3 N–H and O–H groups in total. The van der Waals surface area contributed by atoms with Crippen LogP contribution >= 0.6 is 0 Å². The highest BCUT2D eigenvalue weighted by Crippen LogP contribution is 2.28. The Bertz CT molecular complexity index is 351. The van der Waals surface area contributed by atoms with Crippen molar-refractivity contribution in [3.8, 4) is 11.5 Å². The van der Waals surface area contributed by atoms with E-state index in [4.69, 9.17) is 9.84 Å². The molecule has 0 aliphatic carbocycles. The largest absolute Gasteiger partial charge is 0.508 e. The van der Waals surface area contributed by atoms with E-state index in [0.717, 1.165) is 12.0 Å². The van der Waals surface area contributed by atoms with Crippen LogP contribution in [0.1, 0.15) is 31.9 Å². The lowest BCUT2D eigenvalue weighted by atomic mass is 10.1. The van der Waals surface area contributed by atoms with Crippen LogP contribution in [0.15, 0.2) is 18.2 Å². The Kier molecular flexibility index (Phi) is 5.25. The average molecular weight is 239 g/mol. The highest BCUT2D eigenvalue weighted by molar-refractivity contribution is 5.41. The molecular formula is C13H21NO3. The highest BCUT2D eigenvalue weighted by Gasteiger charge is 2.14. The van der Waals surface area contributed by atoms with Gasteiger partial charge in [0.2, 0.25) is 0 Å². The van der Waals surface area contributed by atoms with Gasteiger partial charge in [0.25, 0.3) is 0 Å². The van der Waals surface area contributed by atoms with E-state index in [1.807, 2.05) is 13.8 Å². The number of hydrogen-bond acceptors (Lipinski definition) is 4. The summed E-state index contributed by atoms with van der Waals surface area (Å²) in [4.78, 5) is 0. The molecule has 0 amide bonds. The van der Waals surface area contributed by atoms with Gasteiger partial charge >= 0.3 is 0 Å².